The van der Waals surface area contributed by atoms with Crippen molar-refractivity contribution < 1.29 is 31.8 Å². The second kappa shape index (κ2) is 5.29. The molecule has 0 amide bonds. The smallest absolute Gasteiger partial charge is 0.403 e. The van der Waals surface area contributed by atoms with Crippen LogP contribution >= 0.6 is 22.6 Å². The molecule has 96 valence electrons. The second-order valence-corrected chi connectivity index (χ2v) is 3.96. The van der Waals surface area contributed by atoms with Gasteiger partial charge in [-0.3, -0.25) is 4.98 Å². The van der Waals surface area contributed by atoms with Gasteiger partial charge < -0.3 is 9.84 Å². The fourth-order valence-electron chi connectivity index (χ4n) is 1.07. The van der Waals surface area contributed by atoms with E-state index in [1.165, 1.54) is 22.6 Å². The lowest BCUT2D eigenvalue weighted by Gasteiger charge is -2.16. The van der Waals surface area contributed by atoms with E-state index in [2.05, 4.69) is 9.72 Å². The van der Waals surface area contributed by atoms with E-state index in [1.54, 1.807) is 0 Å². The molecule has 0 aromatic carbocycles. The molecule has 0 saturated carbocycles. The number of aromatic nitrogens is 1. The Bertz CT molecular complexity index is 410. The number of nitrogens with zero attached hydrogens (tertiary/aromatic N) is 1. The summed E-state index contributed by atoms with van der Waals surface area (Å²) in [5, 5.41) is 8.76. The molecule has 1 heterocycles. The van der Waals surface area contributed by atoms with Crippen molar-refractivity contribution in [2.75, 3.05) is 0 Å². The number of aliphatic hydroxyl groups is 1. The zero-order valence-electron chi connectivity index (χ0n) is 7.93. The highest BCUT2D eigenvalue weighted by Crippen LogP contribution is 2.37. The molecule has 0 bridgehead atoms. The second-order valence-electron chi connectivity index (χ2n) is 2.80. The van der Waals surface area contributed by atoms with E-state index in [4.69, 9.17) is 5.11 Å². The number of rotatable bonds is 3. The van der Waals surface area contributed by atoms with Crippen LogP contribution in [0.3, 0.4) is 0 Å². The highest BCUT2D eigenvalue weighted by Gasteiger charge is 2.35. The summed E-state index contributed by atoms with van der Waals surface area (Å²) in [6.45, 7) is -0.929. The fourth-order valence-corrected chi connectivity index (χ4v) is 1.69. The van der Waals surface area contributed by atoms with Gasteiger partial charge in [0.2, 0.25) is 0 Å². The number of hydrogen-bond donors (Lipinski definition) is 1. The van der Waals surface area contributed by atoms with Crippen molar-refractivity contribution in [1.82, 2.24) is 4.98 Å². The Morgan fingerprint density at radius 1 is 1.41 bits per heavy atom. The molecule has 0 saturated heterocycles. The molecule has 0 fully saturated rings. The third-order valence-corrected chi connectivity index (χ3v) is 2.54. The van der Waals surface area contributed by atoms with Crippen LogP contribution in [0, 0.1) is 3.57 Å². The molecule has 0 atom stereocenters. The van der Waals surface area contributed by atoms with Gasteiger partial charge in [-0.2, -0.15) is 0 Å². The monoisotopic (exact) mass is 369 g/mol. The lowest BCUT2D eigenvalue weighted by atomic mass is 10.2. The Balaban J connectivity index is 3.35. The Morgan fingerprint density at radius 2 is 2.00 bits per heavy atom. The Hall–Kier alpha value is -0.710. The molecule has 0 unspecified atom stereocenters. The van der Waals surface area contributed by atoms with Gasteiger partial charge in [0.1, 0.15) is 5.69 Å². The summed E-state index contributed by atoms with van der Waals surface area (Å²) in [5.41, 5.74) is -1.51. The zero-order chi connectivity index (χ0) is 13.2. The van der Waals surface area contributed by atoms with E-state index >= 15 is 0 Å². The molecule has 3 nitrogen and oxygen atoms in total. The number of halogens is 6. The van der Waals surface area contributed by atoms with Gasteiger partial charge in [0, 0.05) is 9.77 Å². The first-order valence-electron chi connectivity index (χ1n) is 4.08. The predicted octanol–water partition coefficient (Wildman–Crippen LogP) is 3.01. The summed E-state index contributed by atoms with van der Waals surface area (Å²) in [5.74, 6) is -1.14. The average molecular weight is 369 g/mol. The first-order chi connectivity index (χ1) is 7.76. The predicted molar refractivity (Wildman–Crippen MR) is 54.5 cm³/mol. The van der Waals surface area contributed by atoms with E-state index in [9.17, 15) is 22.0 Å². The van der Waals surface area contributed by atoms with Crippen molar-refractivity contribution in [2.24, 2.45) is 0 Å². The molecule has 9 heteroatoms. The van der Waals surface area contributed by atoms with Gasteiger partial charge in [-0.15, -0.1) is 13.2 Å². The molecule has 1 N–H and O–H groups in total. The van der Waals surface area contributed by atoms with Crippen LogP contribution < -0.4 is 4.74 Å². The van der Waals surface area contributed by atoms with Gasteiger partial charge in [0.15, 0.2) is 5.75 Å². The van der Waals surface area contributed by atoms with Crippen LogP contribution in [0.2, 0.25) is 0 Å². The van der Waals surface area contributed by atoms with Gasteiger partial charge in [-0.05, 0) is 22.6 Å². The minimum absolute atomic E-state index is 0.172. The summed E-state index contributed by atoms with van der Waals surface area (Å²) in [4.78, 5) is 3.41. The third-order valence-electron chi connectivity index (χ3n) is 1.68. The molecular weight excluding hydrogens is 364 g/mol. The van der Waals surface area contributed by atoms with E-state index in [0.29, 0.717) is 0 Å². The van der Waals surface area contributed by atoms with Crippen LogP contribution in [0.25, 0.3) is 0 Å². The molecule has 0 radical (unpaired) electrons. The number of hydrogen-bond acceptors (Lipinski definition) is 3. The van der Waals surface area contributed by atoms with Crippen LogP contribution in [0.4, 0.5) is 22.0 Å². The molecule has 0 aliphatic carbocycles. The van der Waals surface area contributed by atoms with Crippen LogP contribution in [0.5, 0.6) is 5.75 Å². The van der Waals surface area contributed by atoms with Crippen molar-refractivity contribution >= 4 is 22.6 Å². The SMILES string of the molecule is OCc1ncc(I)c(C(F)F)c1OC(F)(F)F. The molecule has 1 aromatic rings. The number of aliphatic hydroxyl groups excluding tert-OH is 1. The minimum atomic E-state index is -5.13. The van der Waals surface area contributed by atoms with Gasteiger partial charge in [-0.25, -0.2) is 8.78 Å². The molecule has 1 aromatic heterocycles. The molecule has 0 spiro atoms. The summed E-state index contributed by atoms with van der Waals surface area (Å²) in [7, 11) is 0. The Kier molecular flexibility index (Phi) is 4.47. The third kappa shape index (κ3) is 3.63. The van der Waals surface area contributed by atoms with Crippen LogP contribution in [-0.4, -0.2) is 16.5 Å². The van der Waals surface area contributed by atoms with Gasteiger partial charge in [0.05, 0.1) is 12.2 Å². The van der Waals surface area contributed by atoms with Crippen molar-refractivity contribution in [1.29, 1.82) is 0 Å². The van der Waals surface area contributed by atoms with Gasteiger partial charge >= 0.3 is 6.36 Å². The zero-order valence-corrected chi connectivity index (χ0v) is 10.1. The lowest BCUT2D eigenvalue weighted by molar-refractivity contribution is -0.275. The molecule has 0 aliphatic rings. The fraction of sp³-hybridized carbons (Fsp3) is 0.375. The Labute approximate surface area is 106 Å². The van der Waals surface area contributed by atoms with Crippen molar-refractivity contribution in [3.8, 4) is 5.75 Å². The van der Waals surface area contributed by atoms with Crippen molar-refractivity contribution in [3.05, 3.63) is 21.0 Å². The first-order valence-corrected chi connectivity index (χ1v) is 5.16. The maximum Gasteiger partial charge on any atom is 0.573 e. The van der Waals surface area contributed by atoms with Crippen LogP contribution in [0.1, 0.15) is 17.7 Å². The quantitative estimate of drug-likeness (QED) is 0.658. The van der Waals surface area contributed by atoms with Gasteiger partial charge in [0.25, 0.3) is 6.43 Å². The van der Waals surface area contributed by atoms with Crippen molar-refractivity contribution in [2.45, 2.75) is 19.4 Å². The largest absolute Gasteiger partial charge is 0.573 e. The lowest BCUT2D eigenvalue weighted by Crippen LogP contribution is -2.20. The van der Waals surface area contributed by atoms with Crippen LogP contribution in [-0.2, 0) is 6.61 Å². The molecular formula is C8H5F5INO2. The number of alkyl halides is 5. The Morgan fingerprint density at radius 3 is 2.41 bits per heavy atom. The maximum atomic E-state index is 12.6. The minimum Gasteiger partial charge on any atom is -0.403 e. The van der Waals surface area contributed by atoms with Gasteiger partial charge in [-0.1, -0.05) is 0 Å². The van der Waals surface area contributed by atoms with E-state index < -0.39 is 36.4 Å². The number of pyridine rings is 1. The van der Waals surface area contributed by atoms with Crippen LogP contribution in [0.15, 0.2) is 6.20 Å². The standard InChI is InChI=1S/C8H5F5INO2/c9-7(10)5-3(14)1-15-4(2-16)6(5)17-8(11,12)13/h1,7,16H,2H2. The molecule has 0 aliphatic heterocycles. The maximum absolute atomic E-state index is 12.6. The average Bonchev–Trinajstić information content (AvgIpc) is 2.15. The first kappa shape index (κ1) is 14.4. The summed E-state index contributed by atoms with van der Waals surface area (Å²) >= 11 is 1.41. The summed E-state index contributed by atoms with van der Waals surface area (Å²) < 4.78 is 64.7. The van der Waals surface area contributed by atoms with E-state index in [-0.39, 0.29) is 3.57 Å². The topological polar surface area (TPSA) is 42.4 Å². The summed E-state index contributed by atoms with van der Waals surface area (Å²) in [6.07, 6.45) is -7.34. The summed E-state index contributed by atoms with van der Waals surface area (Å²) in [6, 6.07) is 0. The van der Waals surface area contributed by atoms with E-state index in [0.717, 1.165) is 6.20 Å². The van der Waals surface area contributed by atoms with E-state index in [1.807, 2.05) is 0 Å². The van der Waals surface area contributed by atoms with Crippen molar-refractivity contribution in [3.63, 3.8) is 0 Å². The number of ether oxygens (including phenoxy) is 1. The molecule has 17 heavy (non-hydrogen) atoms. The normalized spacial score (nSPS) is 12.0. The highest BCUT2D eigenvalue weighted by atomic mass is 127. The molecule has 1 rings (SSSR count). The highest BCUT2D eigenvalue weighted by molar-refractivity contribution is 14.1.